The summed E-state index contributed by atoms with van der Waals surface area (Å²) in [6.45, 7) is 8.85. The summed E-state index contributed by atoms with van der Waals surface area (Å²) in [5.41, 5.74) is 3.62. The fourth-order valence-corrected chi connectivity index (χ4v) is 2.79. The predicted molar refractivity (Wildman–Crippen MR) is 94.8 cm³/mol. The van der Waals surface area contributed by atoms with Crippen molar-refractivity contribution in [2.45, 2.75) is 26.2 Å². The highest BCUT2D eigenvalue weighted by Crippen LogP contribution is 2.35. The molecule has 3 rings (SSSR count). The van der Waals surface area contributed by atoms with E-state index in [1.165, 1.54) is 11.1 Å². The van der Waals surface area contributed by atoms with Crippen LogP contribution in [0.3, 0.4) is 0 Å². The van der Waals surface area contributed by atoms with E-state index in [1.807, 2.05) is 30.3 Å². The molecule has 2 aromatic rings. The monoisotopic (exact) mass is 306 g/mol. The van der Waals surface area contributed by atoms with E-state index in [9.17, 15) is 0 Å². The van der Waals surface area contributed by atoms with Crippen LogP contribution in [0.5, 0.6) is 11.5 Å². The molecular formula is C21H22O2. The lowest BCUT2D eigenvalue weighted by Crippen LogP contribution is -2.05. The molecule has 2 nitrogen and oxygen atoms in total. The number of hydrogen-bond acceptors (Lipinski definition) is 2. The van der Waals surface area contributed by atoms with Crippen LogP contribution < -0.4 is 9.47 Å². The molecule has 1 unspecified atom stereocenters. The van der Waals surface area contributed by atoms with Crippen LogP contribution in [0.25, 0.3) is 5.57 Å². The van der Waals surface area contributed by atoms with Crippen molar-refractivity contribution in [3.05, 3.63) is 78.1 Å². The van der Waals surface area contributed by atoms with Crippen molar-refractivity contribution in [1.29, 1.82) is 0 Å². The molecule has 0 saturated carbocycles. The van der Waals surface area contributed by atoms with Crippen LogP contribution in [0.1, 0.15) is 37.3 Å². The Hall–Kier alpha value is -2.48. The Morgan fingerprint density at radius 2 is 1.91 bits per heavy atom. The van der Waals surface area contributed by atoms with Crippen LogP contribution >= 0.6 is 0 Å². The van der Waals surface area contributed by atoms with Crippen molar-refractivity contribution in [3.8, 4) is 11.5 Å². The first-order valence-corrected chi connectivity index (χ1v) is 8.00. The minimum Gasteiger partial charge on any atom is -0.493 e. The minimum atomic E-state index is 0.482. The molecule has 1 atom stereocenters. The van der Waals surface area contributed by atoms with Gasteiger partial charge in [0, 0.05) is 11.6 Å². The van der Waals surface area contributed by atoms with Crippen molar-refractivity contribution >= 4 is 5.57 Å². The largest absolute Gasteiger partial charge is 0.493 e. The van der Waals surface area contributed by atoms with Gasteiger partial charge in [0.25, 0.3) is 0 Å². The highest BCUT2D eigenvalue weighted by atomic mass is 16.5. The zero-order valence-electron chi connectivity index (χ0n) is 13.7. The first-order chi connectivity index (χ1) is 11.1. The Labute approximate surface area is 138 Å². The zero-order chi connectivity index (χ0) is 16.2. The maximum absolute atomic E-state index is 5.91. The lowest BCUT2D eigenvalue weighted by molar-refractivity contribution is 0.299. The first kappa shape index (κ1) is 15.4. The molecule has 2 heteroatoms. The maximum Gasteiger partial charge on any atom is 0.138 e. The van der Waals surface area contributed by atoms with Crippen LogP contribution in [-0.4, -0.2) is 6.61 Å². The van der Waals surface area contributed by atoms with E-state index in [2.05, 4.69) is 44.7 Å². The summed E-state index contributed by atoms with van der Waals surface area (Å²) in [5.74, 6) is 2.81. The summed E-state index contributed by atoms with van der Waals surface area (Å²) in [4.78, 5) is 0. The molecule has 0 aliphatic carbocycles. The molecule has 0 aromatic heterocycles. The molecule has 0 amide bonds. The molecule has 0 saturated heterocycles. The second kappa shape index (κ2) is 6.74. The highest BCUT2D eigenvalue weighted by molar-refractivity contribution is 5.74. The van der Waals surface area contributed by atoms with Gasteiger partial charge < -0.3 is 9.47 Å². The fraction of sp³-hybridized carbons (Fsp3) is 0.238. The molecule has 1 aliphatic heterocycles. The summed E-state index contributed by atoms with van der Waals surface area (Å²) in [6.07, 6.45) is 2.93. The SMILES string of the molecule is C=C1C=C(C)c2ccc(OCCC(C)c3ccccc3)cc2O1. The number of hydrogen-bond donors (Lipinski definition) is 0. The summed E-state index contributed by atoms with van der Waals surface area (Å²) in [6, 6.07) is 16.5. The third-order valence-corrected chi connectivity index (χ3v) is 4.18. The number of fused-ring (bicyclic) bond motifs is 1. The average Bonchev–Trinajstić information content (AvgIpc) is 2.55. The molecule has 1 heterocycles. The lowest BCUT2D eigenvalue weighted by atomic mass is 9.98. The number of rotatable bonds is 5. The molecule has 0 fully saturated rings. The van der Waals surface area contributed by atoms with E-state index in [0.29, 0.717) is 18.3 Å². The van der Waals surface area contributed by atoms with Gasteiger partial charge in [-0.3, -0.25) is 0 Å². The molecule has 0 N–H and O–H groups in total. The third-order valence-electron chi connectivity index (χ3n) is 4.18. The van der Waals surface area contributed by atoms with E-state index in [-0.39, 0.29) is 0 Å². The molecule has 1 aliphatic rings. The van der Waals surface area contributed by atoms with Crippen LogP contribution in [0.15, 0.2) is 66.9 Å². The van der Waals surface area contributed by atoms with Crippen LogP contribution in [0.4, 0.5) is 0 Å². The van der Waals surface area contributed by atoms with E-state index in [4.69, 9.17) is 9.47 Å². The zero-order valence-corrected chi connectivity index (χ0v) is 13.7. The predicted octanol–water partition coefficient (Wildman–Crippen LogP) is 5.57. The summed E-state index contributed by atoms with van der Waals surface area (Å²) in [5, 5.41) is 0. The molecular weight excluding hydrogens is 284 g/mol. The minimum absolute atomic E-state index is 0.482. The lowest BCUT2D eigenvalue weighted by Gasteiger charge is -2.19. The molecule has 0 spiro atoms. The van der Waals surface area contributed by atoms with E-state index in [0.717, 1.165) is 23.5 Å². The van der Waals surface area contributed by atoms with E-state index >= 15 is 0 Å². The topological polar surface area (TPSA) is 18.5 Å². The van der Waals surface area contributed by atoms with Crippen molar-refractivity contribution in [1.82, 2.24) is 0 Å². The normalized spacial score (nSPS) is 14.5. The van der Waals surface area contributed by atoms with Crippen LogP contribution in [0, 0.1) is 0 Å². The van der Waals surface area contributed by atoms with Crippen LogP contribution in [-0.2, 0) is 0 Å². The number of allylic oxidation sites excluding steroid dienone is 2. The van der Waals surface area contributed by atoms with Gasteiger partial charge in [0.15, 0.2) is 0 Å². The molecule has 0 bridgehead atoms. The van der Waals surface area contributed by atoms with Gasteiger partial charge in [-0.25, -0.2) is 0 Å². The third kappa shape index (κ3) is 3.65. The Morgan fingerprint density at radius 1 is 1.13 bits per heavy atom. The Bertz CT molecular complexity index is 729. The van der Waals surface area contributed by atoms with Gasteiger partial charge in [0.2, 0.25) is 0 Å². The van der Waals surface area contributed by atoms with Gasteiger partial charge in [-0.15, -0.1) is 0 Å². The Kier molecular flexibility index (Phi) is 4.52. The van der Waals surface area contributed by atoms with Gasteiger partial charge in [0.1, 0.15) is 17.3 Å². The Morgan fingerprint density at radius 3 is 2.70 bits per heavy atom. The first-order valence-electron chi connectivity index (χ1n) is 8.00. The van der Waals surface area contributed by atoms with Crippen molar-refractivity contribution in [3.63, 3.8) is 0 Å². The molecule has 2 aromatic carbocycles. The average molecular weight is 306 g/mol. The Balaban J connectivity index is 1.60. The van der Waals surface area contributed by atoms with E-state index in [1.54, 1.807) is 0 Å². The highest BCUT2D eigenvalue weighted by Gasteiger charge is 2.14. The van der Waals surface area contributed by atoms with Gasteiger partial charge in [-0.05, 0) is 48.6 Å². The summed E-state index contributed by atoms with van der Waals surface area (Å²) < 4.78 is 11.6. The fourth-order valence-electron chi connectivity index (χ4n) is 2.79. The van der Waals surface area contributed by atoms with Crippen molar-refractivity contribution in [2.24, 2.45) is 0 Å². The van der Waals surface area contributed by atoms with Crippen molar-refractivity contribution in [2.75, 3.05) is 6.61 Å². The van der Waals surface area contributed by atoms with Gasteiger partial charge in [0.05, 0.1) is 6.61 Å². The van der Waals surface area contributed by atoms with Gasteiger partial charge in [-0.2, -0.15) is 0 Å². The second-order valence-corrected chi connectivity index (χ2v) is 6.00. The summed E-state index contributed by atoms with van der Waals surface area (Å²) >= 11 is 0. The van der Waals surface area contributed by atoms with Crippen LogP contribution in [0.2, 0.25) is 0 Å². The van der Waals surface area contributed by atoms with Gasteiger partial charge in [-0.1, -0.05) is 43.8 Å². The summed E-state index contributed by atoms with van der Waals surface area (Å²) in [7, 11) is 0. The number of benzene rings is 2. The molecule has 0 radical (unpaired) electrons. The number of ether oxygens (including phenoxy) is 2. The van der Waals surface area contributed by atoms with E-state index < -0.39 is 0 Å². The van der Waals surface area contributed by atoms with Gasteiger partial charge >= 0.3 is 0 Å². The quantitative estimate of drug-likeness (QED) is 0.719. The molecule has 23 heavy (non-hydrogen) atoms. The van der Waals surface area contributed by atoms with Crippen molar-refractivity contribution < 1.29 is 9.47 Å². The standard InChI is InChI=1S/C21H22O2/c1-15(18-7-5-4-6-8-18)11-12-22-19-9-10-20-16(2)13-17(3)23-21(20)14-19/h4-10,13-15H,3,11-12H2,1-2H3. The second-order valence-electron chi connectivity index (χ2n) is 6.00. The molecule has 118 valence electrons. The maximum atomic E-state index is 5.91. The smallest absolute Gasteiger partial charge is 0.138 e.